The maximum absolute atomic E-state index is 4.87. The number of hydrogen-bond donors (Lipinski definition) is 0. The smallest absolute Gasteiger partial charge is 0.0695 e. The Morgan fingerprint density at radius 3 is 1.40 bits per heavy atom. The fourth-order valence-electron chi connectivity index (χ4n) is 6.27. The summed E-state index contributed by atoms with van der Waals surface area (Å²) in [5.74, 6) is 0. The first-order valence-corrected chi connectivity index (χ1v) is 16.8. The quantitative estimate of drug-likeness (QED) is 0.177. The minimum absolute atomic E-state index is 0.0361. The van der Waals surface area contributed by atoms with Gasteiger partial charge in [-0.05, 0) is 80.6 Å². The summed E-state index contributed by atoms with van der Waals surface area (Å²) >= 11 is 0. The molecule has 0 aliphatic heterocycles. The molecule has 0 aliphatic carbocycles. The van der Waals surface area contributed by atoms with Gasteiger partial charge < -0.3 is 0 Å². The van der Waals surface area contributed by atoms with Gasteiger partial charge in [0.15, 0.2) is 0 Å². The van der Waals surface area contributed by atoms with Gasteiger partial charge in [0.2, 0.25) is 0 Å². The number of hydrogen-bond acceptors (Lipinski definition) is 2. The first-order valence-electron chi connectivity index (χ1n) is 14.7. The van der Waals surface area contributed by atoms with Gasteiger partial charge in [-0.3, -0.25) is 9.97 Å². The summed E-state index contributed by atoms with van der Waals surface area (Å²) in [5.41, 5.74) is 9.85. The van der Waals surface area contributed by atoms with Crippen molar-refractivity contribution >= 4 is 28.0 Å². The molecule has 1 unspecified atom stereocenters. The lowest BCUT2D eigenvalue weighted by Gasteiger charge is -2.53. The summed E-state index contributed by atoms with van der Waals surface area (Å²) in [6, 6.07) is 39.2. The second-order valence-electron chi connectivity index (χ2n) is 13.1. The number of rotatable bonds is 7. The first kappa shape index (κ1) is 30.3. The van der Waals surface area contributed by atoms with Crippen LogP contribution in [0.15, 0.2) is 122 Å². The van der Waals surface area contributed by atoms with Crippen molar-refractivity contribution < 1.29 is 0 Å². The number of aromatic nitrogens is 2. The van der Waals surface area contributed by atoms with Gasteiger partial charge >= 0.3 is 0 Å². The molecule has 4 heteroatoms. The average Bonchev–Trinajstić information content (AvgIpc) is 3.00. The first-order chi connectivity index (χ1) is 20.0. The third-order valence-corrected chi connectivity index (χ3v) is 12.7. The van der Waals surface area contributed by atoms with Crippen molar-refractivity contribution in [1.82, 2.24) is 9.97 Å². The third-order valence-electron chi connectivity index (χ3n) is 8.38. The molecule has 0 radical (unpaired) electrons. The monoisotopic (exact) mass is 588 g/mol. The standard InChI is InChI=1S/C38H42N2P2/c1-36(2,3)38(41,37(4,5)6)33-26-32(29-19-11-8-12-20-29)31(28-17-9-7-10-18-28)25-30(33)27-42(34-21-13-15-23-39-34)35-22-14-16-24-40-35/h7-26H,27,41H2,1-6H3. The van der Waals surface area contributed by atoms with Gasteiger partial charge in [-0.1, -0.05) is 114 Å². The summed E-state index contributed by atoms with van der Waals surface area (Å²) in [6.07, 6.45) is 4.68. The summed E-state index contributed by atoms with van der Waals surface area (Å²) < 4.78 is 0. The van der Waals surface area contributed by atoms with Crippen LogP contribution < -0.4 is 10.9 Å². The molecule has 42 heavy (non-hydrogen) atoms. The Labute approximate surface area is 256 Å². The Kier molecular flexibility index (Phi) is 8.80. The van der Waals surface area contributed by atoms with E-state index in [4.69, 9.17) is 9.97 Å². The molecule has 2 aromatic heterocycles. The number of pyridine rings is 2. The average molecular weight is 589 g/mol. The van der Waals surface area contributed by atoms with Crippen molar-refractivity contribution in [2.24, 2.45) is 10.8 Å². The molecular formula is C38H42N2P2. The summed E-state index contributed by atoms with van der Waals surface area (Å²) in [5, 5.41) is -0.219. The Morgan fingerprint density at radius 2 is 1.00 bits per heavy atom. The zero-order chi connectivity index (χ0) is 30.0. The van der Waals surface area contributed by atoms with Crippen LogP contribution in [-0.2, 0) is 11.3 Å². The van der Waals surface area contributed by atoms with Crippen LogP contribution in [0.25, 0.3) is 22.3 Å². The van der Waals surface area contributed by atoms with E-state index >= 15 is 0 Å². The van der Waals surface area contributed by atoms with Gasteiger partial charge in [0.05, 0.1) is 10.9 Å². The van der Waals surface area contributed by atoms with E-state index in [2.05, 4.69) is 148 Å². The molecule has 214 valence electrons. The molecule has 2 heterocycles. The zero-order valence-corrected chi connectivity index (χ0v) is 27.7. The molecule has 0 spiro atoms. The predicted molar refractivity (Wildman–Crippen MR) is 186 cm³/mol. The molecule has 0 fully saturated rings. The van der Waals surface area contributed by atoms with Crippen LogP contribution in [0.3, 0.4) is 0 Å². The van der Waals surface area contributed by atoms with E-state index in [9.17, 15) is 0 Å². The molecular weight excluding hydrogens is 546 g/mol. The molecule has 0 saturated heterocycles. The normalized spacial score (nSPS) is 12.5. The highest BCUT2D eigenvalue weighted by Crippen LogP contribution is 2.60. The molecule has 5 aromatic rings. The van der Waals surface area contributed by atoms with Crippen molar-refractivity contribution in [2.75, 3.05) is 0 Å². The lowest BCUT2D eigenvalue weighted by Crippen LogP contribution is -2.46. The van der Waals surface area contributed by atoms with Gasteiger partial charge in [0.1, 0.15) is 0 Å². The van der Waals surface area contributed by atoms with Gasteiger partial charge in [0.25, 0.3) is 0 Å². The van der Waals surface area contributed by atoms with E-state index in [-0.39, 0.29) is 16.0 Å². The molecule has 0 aliphatic rings. The van der Waals surface area contributed by atoms with Crippen molar-refractivity contribution in [3.8, 4) is 22.3 Å². The highest BCUT2D eigenvalue weighted by Gasteiger charge is 2.49. The predicted octanol–water partition coefficient (Wildman–Crippen LogP) is 9.61. The van der Waals surface area contributed by atoms with Crippen molar-refractivity contribution in [3.63, 3.8) is 0 Å². The van der Waals surface area contributed by atoms with Crippen LogP contribution in [-0.4, -0.2) is 9.97 Å². The summed E-state index contributed by atoms with van der Waals surface area (Å²) in [4.78, 5) is 9.74. The Bertz CT molecular complexity index is 1550. The second kappa shape index (κ2) is 12.2. The Hall–Kier alpha value is -3.18. The molecule has 0 bridgehead atoms. The van der Waals surface area contributed by atoms with Crippen molar-refractivity contribution in [3.05, 3.63) is 133 Å². The fourth-order valence-corrected chi connectivity index (χ4v) is 8.64. The fraction of sp³-hybridized carbons (Fsp3) is 0.263. The molecule has 3 aromatic carbocycles. The highest BCUT2D eigenvalue weighted by atomic mass is 31.1. The number of nitrogens with zero attached hydrogens (tertiary/aromatic N) is 2. The number of benzene rings is 3. The molecule has 0 saturated carbocycles. The third kappa shape index (κ3) is 5.99. The SMILES string of the molecule is CC(C)(C)C(P)(c1cc(-c2ccccc2)c(-c2ccccc2)cc1CP(c1ccccn1)c1ccccn1)C(C)(C)C. The minimum Gasteiger partial charge on any atom is -0.256 e. The van der Waals surface area contributed by atoms with E-state index < -0.39 is 7.92 Å². The van der Waals surface area contributed by atoms with Gasteiger partial charge in [-0.15, -0.1) is 9.24 Å². The van der Waals surface area contributed by atoms with Crippen LogP contribution in [0.4, 0.5) is 0 Å². The highest BCUT2D eigenvalue weighted by molar-refractivity contribution is 7.71. The van der Waals surface area contributed by atoms with Crippen LogP contribution in [0.1, 0.15) is 52.7 Å². The second-order valence-corrected chi connectivity index (χ2v) is 16.0. The van der Waals surface area contributed by atoms with Crippen LogP contribution in [0.2, 0.25) is 0 Å². The largest absolute Gasteiger partial charge is 0.256 e. The van der Waals surface area contributed by atoms with Crippen LogP contribution >= 0.6 is 17.2 Å². The molecule has 2 nitrogen and oxygen atoms in total. The Morgan fingerprint density at radius 1 is 0.571 bits per heavy atom. The molecule has 5 rings (SSSR count). The van der Waals surface area contributed by atoms with Crippen molar-refractivity contribution in [1.29, 1.82) is 0 Å². The Balaban J connectivity index is 1.85. The van der Waals surface area contributed by atoms with E-state index in [0.29, 0.717) is 0 Å². The maximum Gasteiger partial charge on any atom is 0.0695 e. The van der Waals surface area contributed by atoms with E-state index in [1.165, 1.54) is 33.4 Å². The van der Waals surface area contributed by atoms with Gasteiger partial charge in [-0.2, -0.15) is 0 Å². The van der Waals surface area contributed by atoms with E-state index in [1.54, 1.807) is 0 Å². The minimum atomic E-state index is -0.839. The maximum atomic E-state index is 4.87. The lowest BCUT2D eigenvalue weighted by molar-refractivity contribution is 0.139. The van der Waals surface area contributed by atoms with Crippen LogP contribution in [0, 0.1) is 10.8 Å². The summed E-state index contributed by atoms with van der Waals surface area (Å²) in [6.45, 7) is 14.3. The molecule has 0 N–H and O–H groups in total. The van der Waals surface area contributed by atoms with E-state index in [0.717, 1.165) is 17.0 Å². The summed E-state index contributed by atoms with van der Waals surface area (Å²) in [7, 11) is 2.52. The van der Waals surface area contributed by atoms with Gasteiger partial charge in [0, 0.05) is 31.6 Å². The molecule has 1 atom stereocenters. The topological polar surface area (TPSA) is 25.8 Å². The van der Waals surface area contributed by atoms with Gasteiger partial charge in [-0.25, -0.2) is 0 Å². The lowest BCUT2D eigenvalue weighted by atomic mass is 9.61. The van der Waals surface area contributed by atoms with E-state index in [1.807, 2.05) is 24.5 Å². The molecule has 0 amide bonds. The van der Waals surface area contributed by atoms with Crippen molar-refractivity contribution in [2.45, 2.75) is 52.9 Å². The van der Waals surface area contributed by atoms with Crippen LogP contribution in [0.5, 0.6) is 0 Å². The zero-order valence-electron chi connectivity index (χ0n) is 25.7.